The molecule has 4 nitrogen and oxygen atoms in total. The molecule has 0 radical (unpaired) electrons. The van der Waals surface area contributed by atoms with Gasteiger partial charge in [0.15, 0.2) is 0 Å². The number of halogens is 1. The zero-order valence-electron chi connectivity index (χ0n) is 10.9. The summed E-state index contributed by atoms with van der Waals surface area (Å²) in [7, 11) is 0. The van der Waals surface area contributed by atoms with Gasteiger partial charge in [-0.1, -0.05) is 25.5 Å². The second-order valence-electron chi connectivity index (χ2n) is 4.68. The third kappa shape index (κ3) is 2.50. The molecule has 0 aliphatic heterocycles. The maximum atomic E-state index is 13.8. The first kappa shape index (κ1) is 13.3. The number of rotatable bonds is 3. The predicted molar refractivity (Wildman–Crippen MR) is 67.7 cm³/mol. The van der Waals surface area contributed by atoms with Crippen molar-refractivity contribution in [2.75, 3.05) is 0 Å². The van der Waals surface area contributed by atoms with Gasteiger partial charge in [0.05, 0.1) is 11.3 Å². The minimum absolute atomic E-state index is 0.00213. The molecular formula is C14H14FNO3. The molecule has 100 valence electrons. The summed E-state index contributed by atoms with van der Waals surface area (Å²) in [6, 6.07) is 4.52. The molecule has 1 heterocycles. The van der Waals surface area contributed by atoms with Crippen LogP contribution in [0.5, 0.6) is 0 Å². The summed E-state index contributed by atoms with van der Waals surface area (Å²) >= 11 is 0. The first-order valence-corrected chi connectivity index (χ1v) is 5.90. The summed E-state index contributed by atoms with van der Waals surface area (Å²) in [6.07, 6.45) is 0. The molecule has 19 heavy (non-hydrogen) atoms. The average Bonchev–Trinajstić information content (AvgIpc) is 2.77. The third-order valence-electron chi connectivity index (χ3n) is 2.75. The number of oxazole rings is 1. The van der Waals surface area contributed by atoms with Crippen LogP contribution < -0.4 is 0 Å². The lowest BCUT2D eigenvalue weighted by Crippen LogP contribution is -2.01. The van der Waals surface area contributed by atoms with Gasteiger partial charge in [-0.25, -0.2) is 14.2 Å². The quantitative estimate of drug-likeness (QED) is 0.918. The van der Waals surface area contributed by atoms with E-state index in [4.69, 9.17) is 9.52 Å². The first-order chi connectivity index (χ1) is 8.90. The van der Waals surface area contributed by atoms with Crippen molar-refractivity contribution in [3.8, 4) is 11.5 Å². The summed E-state index contributed by atoms with van der Waals surface area (Å²) in [5, 5.41) is 9.07. The van der Waals surface area contributed by atoms with Crippen LogP contribution in [-0.2, 0) is 0 Å². The van der Waals surface area contributed by atoms with E-state index >= 15 is 0 Å². The SMILES string of the molecule is Cc1ccc(F)c(-c2nc(C(C)C)c(C(=O)O)o2)c1. The van der Waals surface area contributed by atoms with Crippen molar-refractivity contribution in [3.05, 3.63) is 41.0 Å². The van der Waals surface area contributed by atoms with E-state index in [1.807, 2.05) is 6.92 Å². The zero-order chi connectivity index (χ0) is 14.2. The molecule has 1 aromatic heterocycles. The maximum Gasteiger partial charge on any atom is 0.373 e. The van der Waals surface area contributed by atoms with Gasteiger partial charge in [-0.3, -0.25) is 0 Å². The molecule has 0 bridgehead atoms. The summed E-state index contributed by atoms with van der Waals surface area (Å²) in [4.78, 5) is 15.2. The normalized spacial score (nSPS) is 11.0. The van der Waals surface area contributed by atoms with E-state index in [1.165, 1.54) is 6.07 Å². The number of hydrogen-bond donors (Lipinski definition) is 1. The van der Waals surface area contributed by atoms with E-state index < -0.39 is 11.8 Å². The highest BCUT2D eigenvalue weighted by Gasteiger charge is 2.23. The molecule has 1 N–H and O–H groups in total. The topological polar surface area (TPSA) is 63.3 Å². The fourth-order valence-corrected chi connectivity index (χ4v) is 1.79. The van der Waals surface area contributed by atoms with E-state index in [9.17, 15) is 9.18 Å². The Balaban J connectivity index is 2.60. The number of nitrogens with zero attached hydrogens (tertiary/aromatic N) is 1. The number of aryl methyl sites for hydroxylation is 1. The van der Waals surface area contributed by atoms with Crippen LogP contribution in [-0.4, -0.2) is 16.1 Å². The molecule has 0 saturated heterocycles. The van der Waals surface area contributed by atoms with Crippen LogP contribution in [0, 0.1) is 12.7 Å². The van der Waals surface area contributed by atoms with Gasteiger partial charge in [0.25, 0.3) is 0 Å². The van der Waals surface area contributed by atoms with E-state index in [0.717, 1.165) is 5.56 Å². The number of carboxylic acids is 1. The Kier molecular flexibility index (Phi) is 3.38. The fraction of sp³-hybridized carbons (Fsp3) is 0.286. The Labute approximate surface area is 109 Å². The molecule has 2 aromatic rings. The number of aromatic nitrogens is 1. The summed E-state index contributed by atoms with van der Waals surface area (Å²) in [5.74, 6) is -2.03. The van der Waals surface area contributed by atoms with Gasteiger partial charge >= 0.3 is 5.97 Å². The van der Waals surface area contributed by atoms with Crippen molar-refractivity contribution in [1.29, 1.82) is 0 Å². The second kappa shape index (κ2) is 4.84. The average molecular weight is 263 g/mol. The van der Waals surface area contributed by atoms with Gasteiger partial charge in [-0.15, -0.1) is 0 Å². The number of carboxylic acid groups (broad SMARTS) is 1. The molecule has 0 spiro atoms. The Morgan fingerprint density at radius 2 is 2.11 bits per heavy atom. The molecule has 0 aliphatic rings. The van der Waals surface area contributed by atoms with Crippen LogP contribution in [0.4, 0.5) is 4.39 Å². The lowest BCUT2D eigenvalue weighted by atomic mass is 10.1. The largest absolute Gasteiger partial charge is 0.475 e. The van der Waals surface area contributed by atoms with Crippen molar-refractivity contribution in [3.63, 3.8) is 0 Å². The minimum atomic E-state index is -1.20. The standard InChI is InChI=1S/C14H14FNO3/c1-7(2)11-12(14(17)18)19-13(16-11)9-6-8(3)4-5-10(9)15/h4-7H,1-3H3,(H,17,18). The summed E-state index contributed by atoms with van der Waals surface area (Å²) < 4.78 is 19.0. The Bertz CT molecular complexity index is 632. The highest BCUT2D eigenvalue weighted by Crippen LogP contribution is 2.28. The van der Waals surface area contributed by atoms with Gasteiger partial charge in [0.1, 0.15) is 5.82 Å². The number of carbonyl (C=O) groups is 1. The first-order valence-electron chi connectivity index (χ1n) is 5.90. The van der Waals surface area contributed by atoms with Crippen LogP contribution in [0.1, 0.15) is 41.6 Å². The molecule has 0 aliphatic carbocycles. The van der Waals surface area contributed by atoms with Crippen molar-refractivity contribution < 1.29 is 18.7 Å². The molecular weight excluding hydrogens is 249 g/mol. The van der Waals surface area contributed by atoms with Gasteiger partial charge in [-0.05, 0) is 25.0 Å². The van der Waals surface area contributed by atoms with Crippen molar-refractivity contribution in [2.45, 2.75) is 26.7 Å². The Hall–Kier alpha value is -2.17. The number of hydrogen-bond acceptors (Lipinski definition) is 3. The summed E-state index contributed by atoms with van der Waals surface area (Å²) in [6.45, 7) is 5.43. The summed E-state index contributed by atoms with van der Waals surface area (Å²) in [5.41, 5.74) is 1.34. The molecule has 0 amide bonds. The number of benzene rings is 1. The maximum absolute atomic E-state index is 13.8. The molecule has 1 aromatic carbocycles. The molecule has 2 rings (SSSR count). The monoisotopic (exact) mass is 263 g/mol. The second-order valence-corrected chi connectivity index (χ2v) is 4.68. The van der Waals surface area contributed by atoms with Crippen LogP contribution in [0.3, 0.4) is 0 Å². The molecule has 5 heteroatoms. The molecule has 0 saturated carbocycles. The van der Waals surface area contributed by atoms with Gasteiger partial charge in [-0.2, -0.15) is 0 Å². The lowest BCUT2D eigenvalue weighted by Gasteiger charge is -1.99. The van der Waals surface area contributed by atoms with Crippen molar-refractivity contribution in [2.24, 2.45) is 0 Å². The molecule has 0 fully saturated rings. The number of aromatic carboxylic acids is 1. The van der Waals surface area contributed by atoms with E-state index in [1.54, 1.807) is 26.0 Å². The van der Waals surface area contributed by atoms with Crippen LogP contribution >= 0.6 is 0 Å². The lowest BCUT2D eigenvalue weighted by molar-refractivity contribution is 0.0661. The molecule has 0 unspecified atom stereocenters. The molecule has 0 atom stereocenters. The van der Waals surface area contributed by atoms with Gasteiger partial charge < -0.3 is 9.52 Å². The highest BCUT2D eigenvalue weighted by molar-refractivity contribution is 5.86. The Morgan fingerprint density at radius 1 is 1.42 bits per heavy atom. The van der Waals surface area contributed by atoms with E-state index in [2.05, 4.69) is 4.98 Å². The van der Waals surface area contributed by atoms with E-state index in [-0.39, 0.29) is 23.1 Å². The fourth-order valence-electron chi connectivity index (χ4n) is 1.79. The predicted octanol–water partition coefficient (Wildman–Crippen LogP) is 3.61. The zero-order valence-corrected chi connectivity index (χ0v) is 10.9. The third-order valence-corrected chi connectivity index (χ3v) is 2.75. The Morgan fingerprint density at radius 3 is 2.63 bits per heavy atom. The van der Waals surface area contributed by atoms with E-state index in [0.29, 0.717) is 5.69 Å². The smallest absolute Gasteiger partial charge is 0.373 e. The highest BCUT2D eigenvalue weighted by atomic mass is 19.1. The van der Waals surface area contributed by atoms with Gasteiger partial charge in [0.2, 0.25) is 11.7 Å². The van der Waals surface area contributed by atoms with Crippen molar-refractivity contribution >= 4 is 5.97 Å². The van der Waals surface area contributed by atoms with Crippen LogP contribution in [0.15, 0.2) is 22.6 Å². The van der Waals surface area contributed by atoms with Gasteiger partial charge in [0, 0.05) is 0 Å². The van der Waals surface area contributed by atoms with Crippen LogP contribution in [0.2, 0.25) is 0 Å². The van der Waals surface area contributed by atoms with Crippen LogP contribution in [0.25, 0.3) is 11.5 Å². The van der Waals surface area contributed by atoms with Crippen molar-refractivity contribution in [1.82, 2.24) is 4.98 Å². The minimum Gasteiger partial charge on any atom is -0.475 e.